The third kappa shape index (κ3) is 4.37. The number of anilines is 2. The molecule has 9 heteroatoms. The van der Waals surface area contributed by atoms with E-state index in [2.05, 4.69) is 14.8 Å². The molecule has 30 heavy (non-hydrogen) atoms. The maximum Gasteiger partial charge on any atom is 0.243 e. The Bertz CT molecular complexity index is 984. The molecule has 0 bridgehead atoms. The molecule has 4 rings (SSSR count). The number of aromatic nitrogens is 2. The van der Waals surface area contributed by atoms with E-state index < -0.39 is 10.0 Å². The van der Waals surface area contributed by atoms with Gasteiger partial charge in [-0.1, -0.05) is 6.07 Å². The van der Waals surface area contributed by atoms with Gasteiger partial charge in [-0.2, -0.15) is 9.29 Å². The number of methoxy groups -OCH3 is 1. The fourth-order valence-electron chi connectivity index (χ4n) is 4.00. The lowest BCUT2D eigenvalue weighted by atomic mass is 10.1. The molecule has 0 saturated carbocycles. The number of piperazine rings is 1. The van der Waals surface area contributed by atoms with Gasteiger partial charge in [0.25, 0.3) is 0 Å². The van der Waals surface area contributed by atoms with Crippen LogP contribution in [0.1, 0.15) is 25.0 Å². The van der Waals surface area contributed by atoms with Crippen molar-refractivity contribution in [3.8, 4) is 5.75 Å². The average molecular weight is 432 g/mol. The van der Waals surface area contributed by atoms with Crippen LogP contribution in [0.15, 0.2) is 35.2 Å². The van der Waals surface area contributed by atoms with Crippen LogP contribution in [-0.2, 0) is 10.0 Å². The molecule has 1 aromatic heterocycles. The Morgan fingerprint density at radius 3 is 2.33 bits per heavy atom. The second-order valence-electron chi connectivity index (χ2n) is 7.79. The zero-order chi connectivity index (χ0) is 21.1. The minimum absolute atomic E-state index is 0.264. The molecule has 0 aliphatic carbocycles. The highest BCUT2D eigenvalue weighted by molar-refractivity contribution is 7.89. The highest BCUT2D eigenvalue weighted by atomic mass is 32.2. The van der Waals surface area contributed by atoms with E-state index in [0.717, 1.165) is 30.5 Å². The number of hydrogen-bond acceptors (Lipinski definition) is 7. The van der Waals surface area contributed by atoms with Crippen molar-refractivity contribution >= 4 is 21.8 Å². The number of hydrogen-bond donors (Lipinski definition) is 0. The zero-order valence-corrected chi connectivity index (χ0v) is 18.4. The second kappa shape index (κ2) is 8.77. The largest absolute Gasteiger partial charge is 0.497 e. The first-order chi connectivity index (χ1) is 14.5. The summed E-state index contributed by atoms with van der Waals surface area (Å²) in [6, 6.07) is 8.62. The average Bonchev–Trinajstić information content (AvgIpc) is 2.79. The van der Waals surface area contributed by atoms with Gasteiger partial charge in [-0.15, -0.1) is 0 Å². The Morgan fingerprint density at radius 2 is 1.63 bits per heavy atom. The standard InChI is InChI=1S/C21H29N5O3S/c1-17-15-20(23-21(22-17)25-9-4-3-5-10-25)24-11-13-26(14-12-24)30(27,28)19-8-6-7-18(16-19)29-2/h6-8,15-16H,3-5,9-14H2,1-2H3. The predicted octanol–water partition coefficient (Wildman–Crippen LogP) is 2.29. The summed E-state index contributed by atoms with van der Waals surface area (Å²) in [5, 5.41) is 0. The minimum atomic E-state index is -3.55. The van der Waals surface area contributed by atoms with E-state index in [-0.39, 0.29) is 4.90 Å². The molecule has 1 aromatic carbocycles. The lowest BCUT2D eigenvalue weighted by Crippen LogP contribution is -2.49. The smallest absolute Gasteiger partial charge is 0.243 e. The fourth-order valence-corrected chi connectivity index (χ4v) is 5.46. The molecule has 3 heterocycles. The van der Waals surface area contributed by atoms with Gasteiger partial charge in [0.15, 0.2) is 0 Å². The van der Waals surface area contributed by atoms with Gasteiger partial charge in [0.05, 0.1) is 12.0 Å². The van der Waals surface area contributed by atoms with Crippen LogP contribution in [0.3, 0.4) is 0 Å². The summed E-state index contributed by atoms with van der Waals surface area (Å²) >= 11 is 0. The molecule has 0 radical (unpaired) electrons. The lowest BCUT2D eigenvalue weighted by Gasteiger charge is -2.35. The second-order valence-corrected chi connectivity index (χ2v) is 9.72. The first kappa shape index (κ1) is 20.9. The number of piperidine rings is 1. The van der Waals surface area contributed by atoms with E-state index in [1.807, 2.05) is 13.0 Å². The van der Waals surface area contributed by atoms with Gasteiger partial charge in [-0.25, -0.2) is 13.4 Å². The molecule has 2 aliphatic rings. The van der Waals surface area contributed by atoms with Gasteiger partial charge < -0.3 is 14.5 Å². The molecule has 2 saturated heterocycles. The summed E-state index contributed by atoms with van der Waals surface area (Å²) in [4.78, 5) is 14.1. The quantitative estimate of drug-likeness (QED) is 0.719. The molecule has 0 N–H and O–H groups in total. The van der Waals surface area contributed by atoms with E-state index >= 15 is 0 Å². The van der Waals surface area contributed by atoms with Gasteiger partial charge >= 0.3 is 0 Å². The molecule has 0 unspecified atom stereocenters. The first-order valence-electron chi connectivity index (χ1n) is 10.5. The van der Waals surface area contributed by atoms with Crippen LogP contribution in [0.2, 0.25) is 0 Å². The number of nitrogens with zero attached hydrogens (tertiary/aromatic N) is 5. The molecule has 2 fully saturated rings. The van der Waals surface area contributed by atoms with Gasteiger partial charge in [-0.05, 0) is 38.3 Å². The van der Waals surface area contributed by atoms with Gasteiger partial charge in [0, 0.05) is 57.1 Å². The van der Waals surface area contributed by atoms with E-state index in [9.17, 15) is 8.42 Å². The van der Waals surface area contributed by atoms with E-state index in [4.69, 9.17) is 9.72 Å². The van der Waals surface area contributed by atoms with E-state index in [0.29, 0.717) is 31.9 Å². The van der Waals surface area contributed by atoms with Gasteiger partial charge in [0.1, 0.15) is 11.6 Å². The lowest BCUT2D eigenvalue weighted by molar-refractivity contribution is 0.382. The number of sulfonamides is 1. The Kier molecular flexibility index (Phi) is 6.10. The van der Waals surface area contributed by atoms with Crippen molar-refractivity contribution in [1.82, 2.24) is 14.3 Å². The summed E-state index contributed by atoms with van der Waals surface area (Å²) in [6.45, 7) is 6.01. The molecule has 162 valence electrons. The van der Waals surface area contributed by atoms with Gasteiger partial charge in [0.2, 0.25) is 16.0 Å². The monoisotopic (exact) mass is 431 g/mol. The third-order valence-corrected chi connectivity index (χ3v) is 7.60. The zero-order valence-electron chi connectivity index (χ0n) is 17.6. The maximum atomic E-state index is 13.0. The predicted molar refractivity (Wildman–Crippen MR) is 117 cm³/mol. The van der Waals surface area contributed by atoms with Crippen LogP contribution in [0.4, 0.5) is 11.8 Å². The van der Waals surface area contributed by atoms with Gasteiger partial charge in [-0.3, -0.25) is 0 Å². The maximum absolute atomic E-state index is 13.0. The molecular weight excluding hydrogens is 402 g/mol. The van der Waals surface area contributed by atoms with Crippen molar-refractivity contribution in [2.45, 2.75) is 31.1 Å². The van der Waals surface area contributed by atoms with Crippen LogP contribution in [0.5, 0.6) is 5.75 Å². The summed E-state index contributed by atoms with van der Waals surface area (Å²) in [5.74, 6) is 2.20. The Labute approximate surface area is 178 Å². The molecular formula is C21H29N5O3S. The Hall–Kier alpha value is -2.39. The fraction of sp³-hybridized carbons (Fsp3) is 0.524. The molecule has 2 aromatic rings. The van der Waals surface area contributed by atoms with Crippen LogP contribution in [0, 0.1) is 6.92 Å². The van der Waals surface area contributed by atoms with Crippen molar-refractivity contribution in [2.75, 3.05) is 56.2 Å². The topological polar surface area (TPSA) is 78.9 Å². The minimum Gasteiger partial charge on any atom is -0.497 e. The van der Waals surface area contributed by atoms with Crippen molar-refractivity contribution in [1.29, 1.82) is 0 Å². The summed E-state index contributed by atoms with van der Waals surface area (Å²) in [6.07, 6.45) is 3.61. The van der Waals surface area contributed by atoms with E-state index in [1.54, 1.807) is 24.3 Å². The molecule has 2 aliphatic heterocycles. The van der Waals surface area contributed by atoms with Crippen LogP contribution < -0.4 is 14.5 Å². The number of ether oxygens (including phenoxy) is 1. The normalized spacial score (nSPS) is 18.5. The van der Waals surface area contributed by atoms with Crippen molar-refractivity contribution < 1.29 is 13.2 Å². The van der Waals surface area contributed by atoms with Crippen LogP contribution >= 0.6 is 0 Å². The third-order valence-electron chi connectivity index (χ3n) is 5.71. The highest BCUT2D eigenvalue weighted by Crippen LogP contribution is 2.25. The van der Waals surface area contributed by atoms with Crippen molar-refractivity contribution in [2.24, 2.45) is 0 Å². The molecule has 8 nitrogen and oxygen atoms in total. The van der Waals surface area contributed by atoms with Crippen molar-refractivity contribution in [3.05, 3.63) is 36.0 Å². The number of aryl methyl sites for hydroxylation is 1. The number of rotatable bonds is 5. The summed E-state index contributed by atoms with van der Waals surface area (Å²) in [5.41, 5.74) is 0.937. The summed E-state index contributed by atoms with van der Waals surface area (Å²) in [7, 11) is -2.01. The molecule has 0 atom stereocenters. The SMILES string of the molecule is COc1cccc(S(=O)(=O)N2CCN(c3cc(C)nc(N4CCCCC4)n3)CC2)c1. The van der Waals surface area contributed by atoms with Crippen molar-refractivity contribution in [3.63, 3.8) is 0 Å². The Balaban J connectivity index is 1.47. The molecule has 0 spiro atoms. The first-order valence-corrected chi connectivity index (χ1v) is 11.9. The number of benzene rings is 1. The highest BCUT2D eigenvalue weighted by Gasteiger charge is 2.29. The summed E-state index contributed by atoms with van der Waals surface area (Å²) < 4.78 is 32.8. The van der Waals surface area contributed by atoms with Crippen LogP contribution in [0.25, 0.3) is 0 Å². The van der Waals surface area contributed by atoms with Crippen LogP contribution in [-0.4, -0.2) is 69.1 Å². The Morgan fingerprint density at radius 1 is 0.900 bits per heavy atom. The van der Waals surface area contributed by atoms with E-state index in [1.165, 1.54) is 30.7 Å². The molecule has 0 amide bonds.